The van der Waals surface area contributed by atoms with Crippen LogP contribution >= 0.6 is 0 Å². The van der Waals surface area contributed by atoms with Crippen molar-refractivity contribution in [2.75, 3.05) is 31.5 Å². The lowest BCUT2D eigenvalue weighted by Gasteiger charge is -2.32. The molecule has 0 atom stereocenters. The molecule has 0 spiro atoms. The SMILES string of the molecule is CC(C)(C)OC(=O)Nc1cc(F)c(F)cc1C(=O)NCC(=O)NCC1CCN(Cc2ccc(O)c([N+](=O)[O-])c2)CC1. The molecule has 1 fully saturated rings. The van der Waals surface area contributed by atoms with Gasteiger partial charge in [-0.3, -0.25) is 29.9 Å². The van der Waals surface area contributed by atoms with Crippen LogP contribution in [0.2, 0.25) is 0 Å². The third-order valence-electron chi connectivity index (χ3n) is 6.29. The van der Waals surface area contributed by atoms with Crippen LogP contribution in [0, 0.1) is 27.7 Å². The van der Waals surface area contributed by atoms with Crippen LogP contribution in [0.15, 0.2) is 30.3 Å². The number of anilines is 1. The summed E-state index contributed by atoms with van der Waals surface area (Å²) in [6, 6.07) is 5.58. The molecule has 0 bridgehead atoms. The van der Waals surface area contributed by atoms with E-state index in [1.807, 2.05) is 0 Å². The summed E-state index contributed by atoms with van der Waals surface area (Å²) in [7, 11) is 0. The van der Waals surface area contributed by atoms with E-state index in [-0.39, 0.29) is 28.6 Å². The number of nitro benzene ring substituents is 1. The summed E-state index contributed by atoms with van der Waals surface area (Å²) in [6.07, 6.45) is 0.564. The van der Waals surface area contributed by atoms with E-state index in [2.05, 4.69) is 20.9 Å². The monoisotopic (exact) mass is 577 g/mol. The van der Waals surface area contributed by atoms with Crippen molar-refractivity contribution in [3.63, 3.8) is 0 Å². The van der Waals surface area contributed by atoms with Gasteiger partial charge in [0, 0.05) is 25.2 Å². The standard InChI is InChI=1S/C27H33F2N5O7/c1-27(2,3)41-26(38)32-21-12-20(29)19(28)11-18(21)25(37)31-14-24(36)30-13-16-6-8-33(9-7-16)15-17-4-5-23(35)22(10-17)34(39)40/h4-5,10-12,16,35H,6-9,13-15H2,1-3H3,(H,30,36)(H,31,37)(H,32,38). The summed E-state index contributed by atoms with van der Waals surface area (Å²) < 4.78 is 32.7. The summed E-state index contributed by atoms with van der Waals surface area (Å²) >= 11 is 0. The lowest BCUT2D eigenvalue weighted by atomic mass is 9.96. The number of rotatable bonds is 9. The number of hydrogen-bond donors (Lipinski definition) is 4. The molecule has 3 amide bonds. The zero-order valence-electron chi connectivity index (χ0n) is 23.0. The molecule has 1 aliphatic rings. The van der Waals surface area contributed by atoms with Crippen LogP contribution in [0.5, 0.6) is 5.75 Å². The number of carbonyl (C=O) groups excluding carboxylic acids is 3. The minimum atomic E-state index is -1.30. The Kier molecular flexibility index (Phi) is 10.2. The highest BCUT2D eigenvalue weighted by molar-refractivity contribution is 6.03. The number of nitrogens with zero attached hydrogens (tertiary/aromatic N) is 2. The topological polar surface area (TPSA) is 163 Å². The fourth-order valence-electron chi connectivity index (χ4n) is 4.25. The molecular weight excluding hydrogens is 544 g/mol. The van der Waals surface area contributed by atoms with Crippen molar-refractivity contribution >= 4 is 29.3 Å². The Hall–Kier alpha value is -4.33. The van der Waals surface area contributed by atoms with Crippen LogP contribution in [-0.4, -0.2) is 64.6 Å². The molecule has 0 unspecified atom stereocenters. The molecule has 1 aliphatic heterocycles. The van der Waals surface area contributed by atoms with Crippen LogP contribution in [0.1, 0.15) is 49.5 Å². The molecule has 14 heteroatoms. The Bertz CT molecular complexity index is 1310. The van der Waals surface area contributed by atoms with Crippen LogP contribution < -0.4 is 16.0 Å². The van der Waals surface area contributed by atoms with Gasteiger partial charge in [0.1, 0.15) is 5.60 Å². The second-order valence-electron chi connectivity index (χ2n) is 10.7. The number of aromatic hydroxyl groups is 1. The molecule has 0 saturated carbocycles. The minimum absolute atomic E-state index is 0.177. The number of nitro groups is 1. The maximum absolute atomic E-state index is 13.9. The second kappa shape index (κ2) is 13.4. The van der Waals surface area contributed by atoms with E-state index < -0.39 is 46.6 Å². The van der Waals surface area contributed by atoms with Gasteiger partial charge in [0.2, 0.25) is 5.91 Å². The molecule has 1 saturated heterocycles. The van der Waals surface area contributed by atoms with Gasteiger partial charge >= 0.3 is 11.8 Å². The van der Waals surface area contributed by atoms with E-state index in [0.717, 1.165) is 12.8 Å². The number of piperidine rings is 1. The Labute approximate surface area is 235 Å². The third kappa shape index (κ3) is 9.38. The van der Waals surface area contributed by atoms with Gasteiger partial charge in [-0.15, -0.1) is 0 Å². The van der Waals surface area contributed by atoms with Crippen LogP contribution in [0.25, 0.3) is 0 Å². The molecule has 222 valence electrons. The number of halogens is 2. The Morgan fingerprint density at radius 2 is 1.76 bits per heavy atom. The molecule has 0 aromatic heterocycles. The second-order valence-corrected chi connectivity index (χ2v) is 10.7. The zero-order chi connectivity index (χ0) is 30.3. The smallest absolute Gasteiger partial charge is 0.412 e. The van der Waals surface area contributed by atoms with Crippen molar-refractivity contribution in [2.24, 2.45) is 5.92 Å². The fraction of sp³-hybridized carbons (Fsp3) is 0.444. The van der Waals surface area contributed by atoms with Gasteiger partial charge in [-0.05, 0) is 70.3 Å². The van der Waals surface area contributed by atoms with E-state index in [1.54, 1.807) is 26.8 Å². The average Bonchev–Trinajstić information content (AvgIpc) is 2.88. The number of phenols is 1. The number of ether oxygens (including phenoxy) is 1. The summed E-state index contributed by atoms with van der Waals surface area (Å²) in [6.45, 7) is 6.67. The van der Waals surface area contributed by atoms with Gasteiger partial charge in [0.25, 0.3) is 5.91 Å². The van der Waals surface area contributed by atoms with E-state index in [9.17, 15) is 38.4 Å². The quantitative estimate of drug-likeness (QED) is 0.259. The molecule has 0 radical (unpaired) electrons. The van der Waals surface area contributed by atoms with Crippen molar-refractivity contribution in [3.05, 3.63) is 63.2 Å². The highest BCUT2D eigenvalue weighted by Gasteiger charge is 2.23. The largest absolute Gasteiger partial charge is 0.502 e. The number of hydrogen-bond acceptors (Lipinski definition) is 8. The van der Waals surface area contributed by atoms with E-state index >= 15 is 0 Å². The Morgan fingerprint density at radius 1 is 1.10 bits per heavy atom. The molecule has 41 heavy (non-hydrogen) atoms. The maximum Gasteiger partial charge on any atom is 0.412 e. The van der Waals surface area contributed by atoms with E-state index in [0.29, 0.717) is 43.9 Å². The van der Waals surface area contributed by atoms with Crippen LogP contribution in [0.4, 0.5) is 25.0 Å². The summed E-state index contributed by atoms with van der Waals surface area (Å²) in [5, 5.41) is 28.0. The molecule has 12 nitrogen and oxygen atoms in total. The van der Waals surface area contributed by atoms with Crippen molar-refractivity contribution < 1.29 is 37.9 Å². The number of likely N-dealkylation sites (tertiary alicyclic amines) is 1. The molecule has 2 aromatic rings. The van der Waals surface area contributed by atoms with Gasteiger partial charge in [0.15, 0.2) is 17.4 Å². The van der Waals surface area contributed by atoms with Crippen molar-refractivity contribution in [2.45, 2.75) is 45.8 Å². The van der Waals surface area contributed by atoms with Gasteiger partial charge in [0.05, 0.1) is 22.7 Å². The molecule has 4 N–H and O–H groups in total. The van der Waals surface area contributed by atoms with Crippen molar-refractivity contribution in [1.82, 2.24) is 15.5 Å². The first-order valence-corrected chi connectivity index (χ1v) is 12.9. The predicted octanol–water partition coefficient (Wildman–Crippen LogP) is 3.68. The fourth-order valence-corrected chi connectivity index (χ4v) is 4.25. The Morgan fingerprint density at radius 3 is 2.39 bits per heavy atom. The molecular formula is C27H33F2N5O7. The van der Waals surface area contributed by atoms with Gasteiger partial charge in [-0.25, -0.2) is 13.6 Å². The molecule has 2 aromatic carbocycles. The zero-order valence-corrected chi connectivity index (χ0v) is 23.0. The number of amides is 3. The number of carbonyl (C=O) groups is 3. The first-order valence-electron chi connectivity index (χ1n) is 12.9. The van der Waals surface area contributed by atoms with Crippen molar-refractivity contribution in [3.8, 4) is 5.75 Å². The highest BCUT2D eigenvalue weighted by Crippen LogP contribution is 2.28. The summed E-state index contributed by atoms with van der Waals surface area (Å²) in [4.78, 5) is 49.6. The number of phenolic OH excluding ortho intramolecular Hbond substituents is 1. The summed E-state index contributed by atoms with van der Waals surface area (Å²) in [5.74, 6) is -4.16. The van der Waals surface area contributed by atoms with E-state index in [4.69, 9.17) is 4.74 Å². The van der Waals surface area contributed by atoms with Crippen LogP contribution in [0.3, 0.4) is 0 Å². The van der Waals surface area contributed by atoms with Crippen LogP contribution in [-0.2, 0) is 16.1 Å². The highest BCUT2D eigenvalue weighted by atomic mass is 19.2. The number of benzene rings is 2. The molecule has 1 heterocycles. The Balaban J connectivity index is 1.46. The molecule has 0 aliphatic carbocycles. The van der Waals surface area contributed by atoms with E-state index in [1.165, 1.54) is 12.1 Å². The average molecular weight is 578 g/mol. The lowest BCUT2D eigenvalue weighted by molar-refractivity contribution is -0.385. The first kappa shape index (κ1) is 31.2. The van der Waals surface area contributed by atoms with Gasteiger partial charge < -0.3 is 20.5 Å². The molecule has 3 rings (SSSR count). The van der Waals surface area contributed by atoms with Gasteiger partial charge in [-0.1, -0.05) is 6.07 Å². The summed E-state index contributed by atoms with van der Waals surface area (Å²) in [5.41, 5.74) is -1.19. The third-order valence-corrected chi connectivity index (χ3v) is 6.29. The minimum Gasteiger partial charge on any atom is -0.502 e. The van der Waals surface area contributed by atoms with Gasteiger partial charge in [-0.2, -0.15) is 0 Å². The normalized spacial score (nSPS) is 14.3. The maximum atomic E-state index is 13.9. The lowest BCUT2D eigenvalue weighted by Crippen LogP contribution is -2.41. The predicted molar refractivity (Wildman–Crippen MR) is 144 cm³/mol. The number of nitrogens with one attached hydrogen (secondary N) is 3. The first-order chi connectivity index (χ1) is 19.2. The van der Waals surface area contributed by atoms with Crippen molar-refractivity contribution in [1.29, 1.82) is 0 Å².